The van der Waals surface area contributed by atoms with E-state index >= 15 is 0 Å². The lowest BCUT2D eigenvalue weighted by molar-refractivity contribution is -0.140. The van der Waals surface area contributed by atoms with E-state index in [1.807, 2.05) is 0 Å². The van der Waals surface area contributed by atoms with E-state index in [9.17, 15) is 13.6 Å². The number of rotatable bonds is 6. The van der Waals surface area contributed by atoms with Gasteiger partial charge in [-0.15, -0.1) is 0 Å². The predicted octanol–water partition coefficient (Wildman–Crippen LogP) is 3.99. The molecule has 0 aliphatic rings. The molecular formula is C15H20F2O3. The largest absolute Gasteiger partial charge is 0.496 e. The van der Waals surface area contributed by atoms with E-state index < -0.39 is 23.7 Å². The Balaban J connectivity index is 2.98. The second-order valence-corrected chi connectivity index (χ2v) is 5.80. The van der Waals surface area contributed by atoms with Crippen molar-refractivity contribution >= 4 is 5.97 Å². The van der Waals surface area contributed by atoms with Crippen LogP contribution in [0.5, 0.6) is 5.75 Å². The summed E-state index contributed by atoms with van der Waals surface area (Å²) in [5, 5.41) is 8.77. The maximum Gasteiger partial charge on any atom is 0.303 e. The first-order valence-electron chi connectivity index (χ1n) is 6.32. The van der Waals surface area contributed by atoms with E-state index in [1.165, 1.54) is 39.2 Å². The van der Waals surface area contributed by atoms with Crippen LogP contribution in [0.15, 0.2) is 18.2 Å². The van der Waals surface area contributed by atoms with E-state index in [4.69, 9.17) is 9.84 Å². The van der Waals surface area contributed by atoms with Crippen molar-refractivity contribution in [2.45, 2.75) is 39.5 Å². The number of carbonyl (C=O) groups is 1. The Morgan fingerprint density at radius 3 is 2.40 bits per heavy atom. The van der Waals surface area contributed by atoms with Crippen LogP contribution in [0, 0.1) is 12.3 Å². The molecule has 0 spiro atoms. The summed E-state index contributed by atoms with van der Waals surface area (Å²) >= 11 is 0. The van der Waals surface area contributed by atoms with Crippen molar-refractivity contribution in [3.63, 3.8) is 0 Å². The molecule has 20 heavy (non-hydrogen) atoms. The molecule has 0 bridgehead atoms. The van der Waals surface area contributed by atoms with Crippen LogP contribution in [0.1, 0.15) is 37.8 Å². The Kier molecular flexibility index (Phi) is 4.73. The molecule has 1 N–H and O–H groups in total. The van der Waals surface area contributed by atoms with Crippen LogP contribution in [0.25, 0.3) is 0 Å². The molecule has 0 aliphatic heterocycles. The van der Waals surface area contributed by atoms with Gasteiger partial charge in [-0.3, -0.25) is 4.79 Å². The molecule has 1 aromatic rings. The third kappa shape index (κ3) is 4.18. The number of hydrogen-bond donors (Lipinski definition) is 1. The highest BCUT2D eigenvalue weighted by Crippen LogP contribution is 2.42. The van der Waals surface area contributed by atoms with Gasteiger partial charge in [0.25, 0.3) is 5.92 Å². The minimum atomic E-state index is -3.07. The van der Waals surface area contributed by atoms with Crippen molar-refractivity contribution in [2.75, 3.05) is 7.11 Å². The van der Waals surface area contributed by atoms with Gasteiger partial charge in [0.1, 0.15) is 5.75 Å². The Morgan fingerprint density at radius 1 is 1.35 bits per heavy atom. The third-order valence-electron chi connectivity index (χ3n) is 3.15. The van der Waals surface area contributed by atoms with Crippen LogP contribution in [0.3, 0.4) is 0 Å². The number of hydrogen-bond acceptors (Lipinski definition) is 2. The molecule has 0 aliphatic carbocycles. The average molecular weight is 286 g/mol. The zero-order chi connectivity index (χ0) is 15.6. The second-order valence-electron chi connectivity index (χ2n) is 5.80. The molecule has 0 atom stereocenters. The normalized spacial score (nSPS) is 12.3. The molecule has 5 heteroatoms. The van der Waals surface area contributed by atoms with Crippen molar-refractivity contribution in [3.05, 3.63) is 29.3 Å². The topological polar surface area (TPSA) is 46.5 Å². The van der Waals surface area contributed by atoms with Gasteiger partial charge in [-0.2, -0.15) is 0 Å². The van der Waals surface area contributed by atoms with Crippen LogP contribution >= 0.6 is 0 Å². The van der Waals surface area contributed by atoms with Crippen molar-refractivity contribution in [1.29, 1.82) is 0 Å². The Labute approximate surface area is 117 Å². The molecule has 0 heterocycles. The molecule has 3 nitrogen and oxygen atoms in total. The fourth-order valence-electron chi connectivity index (χ4n) is 2.28. The number of carboxylic acids is 1. The molecule has 1 aromatic carbocycles. The number of aliphatic carboxylic acids is 1. The number of methoxy groups -OCH3 is 1. The SMILES string of the molecule is COc1ccc(C(F)(F)CC(C)(C)CC(=O)O)cc1C. The first-order valence-corrected chi connectivity index (χ1v) is 6.32. The lowest BCUT2D eigenvalue weighted by Crippen LogP contribution is -2.26. The van der Waals surface area contributed by atoms with Gasteiger partial charge in [-0.25, -0.2) is 8.78 Å². The minimum absolute atomic E-state index is 0.116. The lowest BCUT2D eigenvalue weighted by Gasteiger charge is -2.28. The second kappa shape index (κ2) is 5.77. The molecule has 0 saturated heterocycles. The number of carboxylic acid groups (broad SMARTS) is 1. The number of ether oxygens (including phenoxy) is 1. The number of alkyl halides is 2. The fourth-order valence-corrected chi connectivity index (χ4v) is 2.28. The van der Waals surface area contributed by atoms with Crippen LogP contribution in [-0.2, 0) is 10.7 Å². The van der Waals surface area contributed by atoms with Crippen LogP contribution in [0.4, 0.5) is 8.78 Å². The summed E-state index contributed by atoms with van der Waals surface area (Å²) in [4.78, 5) is 10.7. The summed E-state index contributed by atoms with van der Waals surface area (Å²) in [5.41, 5.74) is -0.474. The quantitative estimate of drug-likeness (QED) is 0.860. The molecule has 0 unspecified atom stereocenters. The van der Waals surface area contributed by atoms with Gasteiger partial charge in [0.15, 0.2) is 0 Å². The highest BCUT2D eigenvalue weighted by Gasteiger charge is 2.39. The Hall–Kier alpha value is -1.65. The molecule has 1 rings (SSSR count). The maximum atomic E-state index is 14.3. The first-order chi connectivity index (χ1) is 9.07. The third-order valence-corrected chi connectivity index (χ3v) is 3.15. The average Bonchev–Trinajstić information content (AvgIpc) is 2.25. The van der Waals surface area contributed by atoms with Gasteiger partial charge < -0.3 is 9.84 Å². The summed E-state index contributed by atoms with van der Waals surface area (Å²) < 4.78 is 33.6. The number of aryl methyl sites for hydroxylation is 1. The zero-order valence-electron chi connectivity index (χ0n) is 12.2. The van der Waals surface area contributed by atoms with E-state index in [-0.39, 0.29) is 12.0 Å². The van der Waals surface area contributed by atoms with Gasteiger partial charge in [0.05, 0.1) is 13.5 Å². The van der Waals surface area contributed by atoms with Gasteiger partial charge in [0, 0.05) is 12.0 Å². The van der Waals surface area contributed by atoms with E-state index in [1.54, 1.807) is 6.92 Å². The van der Waals surface area contributed by atoms with E-state index in [0.717, 1.165) is 0 Å². The van der Waals surface area contributed by atoms with Gasteiger partial charge in [-0.1, -0.05) is 13.8 Å². The smallest absolute Gasteiger partial charge is 0.303 e. The summed E-state index contributed by atoms with van der Waals surface area (Å²) in [6.07, 6.45) is -0.810. The number of halogens is 2. The Morgan fingerprint density at radius 2 is 1.95 bits per heavy atom. The van der Waals surface area contributed by atoms with Crippen molar-refractivity contribution in [1.82, 2.24) is 0 Å². The summed E-state index contributed by atoms with van der Waals surface area (Å²) in [6, 6.07) is 4.21. The highest BCUT2D eigenvalue weighted by atomic mass is 19.3. The first kappa shape index (κ1) is 16.4. The van der Waals surface area contributed by atoms with Gasteiger partial charge >= 0.3 is 5.97 Å². The number of benzene rings is 1. The lowest BCUT2D eigenvalue weighted by atomic mass is 9.81. The Bertz CT molecular complexity index is 496. The van der Waals surface area contributed by atoms with Crippen molar-refractivity contribution < 1.29 is 23.4 Å². The van der Waals surface area contributed by atoms with Crippen LogP contribution in [-0.4, -0.2) is 18.2 Å². The van der Waals surface area contributed by atoms with Crippen molar-refractivity contribution in [3.8, 4) is 5.75 Å². The van der Waals surface area contributed by atoms with Crippen molar-refractivity contribution in [2.24, 2.45) is 5.41 Å². The van der Waals surface area contributed by atoms with Crippen LogP contribution < -0.4 is 4.74 Å². The monoisotopic (exact) mass is 286 g/mol. The molecule has 0 fully saturated rings. The molecule has 0 amide bonds. The molecule has 0 aromatic heterocycles. The maximum absolute atomic E-state index is 14.3. The summed E-state index contributed by atoms with van der Waals surface area (Å²) in [7, 11) is 1.48. The zero-order valence-corrected chi connectivity index (χ0v) is 12.2. The summed E-state index contributed by atoms with van der Waals surface area (Å²) in [6.45, 7) is 4.76. The van der Waals surface area contributed by atoms with Gasteiger partial charge in [-0.05, 0) is 36.1 Å². The van der Waals surface area contributed by atoms with E-state index in [2.05, 4.69) is 0 Å². The van der Waals surface area contributed by atoms with E-state index in [0.29, 0.717) is 11.3 Å². The standard InChI is InChI=1S/C15H20F2O3/c1-10-7-11(5-6-12(10)20-4)15(16,17)9-14(2,3)8-13(18)19/h5-7H,8-9H2,1-4H3,(H,18,19). The molecule has 112 valence electrons. The minimum Gasteiger partial charge on any atom is -0.496 e. The van der Waals surface area contributed by atoms with Crippen LogP contribution in [0.2, 0.25) is 0 Å². The van der Waals surface area contributed by atoms with Gasteiger partial charge in [0.2, 0.25) is 0 Å². The predicted molar refractivity (Wildman–Crippen MR) is 72.3 cm³/mol. The molecular weight excluding hydrogens is 266 g/mol. The summed E-state index contributed by atoms with van der Waals surface area (Å²) in [5.74, 6) is -3.60. The molecule has 0 saturated carbocycles. The fraction of sp³-hybridized carbons (Fsp3) is 0.533. The molecule has 0 radical (unpaired) electrons. The highest BCUT2D eigenvalue weighted by molar-refractivity contribution is 5.67.